The van der Waals surface area contributed by atoms with Gasteiger partial charge in [-0.2, -0.15) is 26.3 Å². The Bertz CT molecular complexity index is 1680. The maximum Gasteiger partial charge on any atom is 0.416 e. The minimum absolute atomic E-state index is 0.0206. The molecule has 0 saturated carbocycles. The third-order valence-electron chi connectivity index (χ3n) is 9.35. The molecule has 13 heteroatoms. The predicted molar refractivity (Wildman–Crippen MR) is 173 cm³/mol. The van der Waals surface area contributed by atoms with Crippen LogP contribution < -0.4 is 9.80 Å². The Morgan fingerprint density at radius 1 is 0.959 bits per heavy atom. The number of likely N-dealkylation sites (N-methyl/N-ethyl adjacent to an activating group) is 1. The Labute approximate surface area is 281 Å². The standard InChI is InChI=1S/C36H40F7N3O3/c1-8-49-31(47)17-22-11-12-46(20-33(22,3)4)30-18-28(27-10-9-26(37)13-21(27)2)29(19-44-30)45(7)32(48)34(5,6)23-14-24(35(38,39)40)16-25(15-23)36(41,42)43/h9-10,13-16,18-19,22H,8,11-12,17,20H2,1-7H3. The van der Waals surface area contributed by atoms with E-state index in [2.05, 4.69) is 18.8 Å². The molecule has 1 saturated heterocycles. The molecule has 1 unspecified atom stereocenters. The zero-order valence-corrected chi connectivity index (χ0v) is 28.4. The van der Waals surface area contributed by atoms with Crippen LogP contribution in [0.25, 0.3) is 11.1 Å². The van der Waals surface area contributed by atoms with E-state index in [0.717, 1.165) is 4.90 Å². The van der Waals surface area contributed by atoms with Crippen LogP contribution in [0.5, 0.6) is 0 Å². The molecule has 0 N–H and O–H groups in total. The SMILES string of the molecule is CCOC(=O)CC1CCN(c2cc(-c3ccc(F)cc3C)c(N(C)C(=O)C(C)(C)c3cc(C(F)(F)F)cc(C(F)(F)F)c3)cn2)CC1(C)C. The second-order valence-electron chi connectivity index (χ2n) is 13.7. The summed E-state index contributed by atoms with van der Waals surface area (Å²) in [5.74, 6) is -0.950. The Morgan fingerprint density at radius 2 is 1.55 bits per heavy atom. The zero-order chi connectivity index (χ0) is 36.7. The van der Waals surface area contributed by atoms with Gasteiger partial charge in [-0.25, -0.2) is 9.37 Å². The number of aryl methyl sites for hydroxylation is 1. The van der Waals surface area contributed by atoms with Crippen LogP contribution in [0.2, 0.25) is 0 Å². The molecule has 1 atom stereocenters. The van der Waals surface area contributed by atoms with Gasteiger partial charge in [0.25, 0.3) is 0 Å². The molecule has 4 rings (SSSR count). The van der Waals surface area contributed by atoms with Crippen molar-refractivity contribution in [3.63, 3.8) is 0 Å². The number of amides is 1. The molecule has 1 aliphatic rings. The summed E-state index contributed by atoms with van der Waals surface area (Å²) in [6.45, 7) is 11.4. The molecule has 1 aliphatic heterocycles. The van der Waals surface area contributed by atoms with Gasteiger partial charge >= 0.3 is 18.3 Å². The number of nitrogens with zero attached hydrogens (tertiary/aromatic N) is 3. The van der Waals surface area contributed by atoms with Crippen LogP contribution in [0.1, 0.15) is 69.7 Å². The van der Waals surface area contributed by atoms with E-state index >= 15 is 0 Å². The molecule has 0 spiro atoms. The Morgan fingerprint density at radius 3 is 2.08 bits per heavy atom. The smallest absolute Gasteiger partial charge is 0.416 e. The van der Waals surface area contributed by atoms with Crippen LogP contribution in [0, 0.1) is 24.1 Å². The van der Waals surface area contributed by atoms with Crippen molar-refractivity contribution >= 4 is 23.4 Å². The van der Waals surface area contributed by atoms with Gasteiger partial charge in [0.15, 0.2) is 0 Å². The van der Waals surface area contributed by atoms with Crippen molar-refractivity contribution in [3.8, 4) is 11.1 Å². The number of rotatable bonds is 8. The van der Waals surface area contributed by atoms with Gasteiger partial charge in [-0.1, -0.05) is 19.9 Å². The van der Waals surface area contributed by atoms with Gasteiger partial charge in [-0.15, -0.1) is 0 Å². The third-order valence-corrected chi connectivity index (χ3v) is 9.35. The first-order valence-corrected chi connectivity index (χ1v) is 15.8. The Hall–Kier alpha value is -4.16. The predicted octanol–water partition coefficient (Wildman–Crippen LogP) is 8.98. The molecule has 0 radical (unpaired) electrons. The number of piperidine rings is 1. The van der Waals surface area contributed by atoms with Gasteiger partial charge < -0.3 is 14.5 Å². The Balaban J connectivity index is 1.76. The highest BCUT2D eigenvalue weighted by molar-refractivity contribution is 6.03. The number of benzene rings is 2. The fourth-order valence-corrected chi connectivity index (χ4v) is 6.39. The monoisotopic (exact) mass is 695 g/mol. The largest absolute Gasteiger partial charge is 0.466 e. The lowest BCUT2D eigenvalue weighted by atomic mass is 9.72. The number of carbonyl (C=O) groups is 2. The lowest BCUT2D eigenvalue weighted by molar-refractivity contribution is -0.146. The van der Waals surface area contributed by atoms with Crippen LogP contribution in [0.4, 0.5) is 42.2 Å². The summed E-state index contributed by atoms with van der Waals surface area (Å²) >= 11 is 0. The van der Waals surface area contributed by atoms with Crippen molar-refractivity contribution in [2.24, 2.45) is 11.3 Å². The normalized spacial score (nSPS) is 16.8. The number of ether oxygens (including phenoxy) is 1. The summed E-state index contributed by atoms with van der Waals surface area (Å²) in [7, 11) is 1.37. The molecule has 1 aromatic heterocycles. The molecule has 1 amide bonds. The van der Waals surface area contributed by atoms with E-state index < -0.39 is 46.2 Å². The van der Waals surface area contributed by atoms with Gasteiger partial charge in [0.2, 0.25) is 5.91 Å². The molecule has 266 valence electrons. The van der Waals surface area contributed by atoms with Crippen LogP contribution in [-0.2, 0) is 32.1 Å². The minimum atomic E-state index is -5.09. The third kappa shape index (κ3) is 8.18. The Kier molecular flexibility index (Phi) is 10.5. The summed E-state index contributed by atoms with van der Waals surface area (Å²) < 4.78 is 101. The van der Waals surface area contributed by atoms with Crippen LogP contribution in [-0.4, -0.2) is 43.6 Å². The van der Waals surface area contributed by atoms with Crippen molar-refractivity contribution in [3.05, 3.63) is 76.7 Å². The second-order valence-corrected chi connectivity index (χ2v) is 13.7. The number of aromatic nitrogens is 1. The first-order chi connectivity index (χ1) is 22.6. The average molecular weight is 696 g/mol. The summed E-state index contributed by atoms with van der Waals surface area (Å²) in [5, 5.41) is 0. The number of halogens is 7. The fraction of sp³-hybridized carbons (Fsp3) is 0.472. The van der Waals surface area contributed by atoms with E-state index in [1.165, 1.54) is 45.3 Å². The summed E-state index contributed by atoms with van der Waals surface area (Å²) in [6.07, 6.45) is -7.80. The van der Waals surface area contributed by atoms with Gasteiger partial charge in [-0.05, 0) is 98.5 Å². The zero-order valence-electron chi connectivity index (χ0n) is 28.4. The molecule has 3 aromatic rings. The quantitative estimate of drug-likeness (QED) is 0.174. The van der Waals surface area contributed by atoms with E-state index in [-0.39, 0.29) is 35.5 Å². The van der Waals surface area contributed by atoms with E-state index in [9.17, 15) is 40.3 Å². The summed E-state index contributed by atoms with van der Waals surface area (Å²) in [6, 6.07) is 6.97. The number of esters is 1. The number of anilines is 2. The molecule has 2 aromatic carbocycles. The highest BCUT2D eigenvalue weighted by Crippen LogP contribution is 2.43. The van der Waals surface area contributed by atoms with Crippen molar-refractivity contribution in [1.29, 1.82) is 0 Å². The van der Waals surface area contributed by atoms with Gasteiger partial charge in [-0.3, -0.25) is 9.59 Å². The van der Waals surface area contributed by atoms with Crippen molar-refractivity contribution in [1.82, 2.24) is 4.98 Å². The lowest BCUT2D eigenvalue weighted by Crippen LogP contribution is -2.47. The first kappa shape index (κ1) is 37.7. The molecule has 49 heavy (non-hydrogen) atoms. The van der Waals surface area contributed by atoms with Gasteiger partial charge in [0, 0.05) is 32.1 Å². The number of pyridine rings is 1. The van der Waals surface area contributed by atoms with E-state index in [4.69, 9.17) is 4.74 Å². The highest BCUT2D eigenvalue weighted by Gasteiger charge is 2.42. The number of hydrogen-bond acceptors (Lipinski definition) is 5. The second kappa shape index (κ2) is 13.6. The minimum Gasteiger partial charge on any atom is -0.466 e. The molecule has 2 heterocycles. The van der Waals surface area contributed by atoms with Crippen molar-refractivity contribution in [2.45, 2.75) is 72.2 Å². The number of carbonyl (C=O) groups excluding carboxylic acids is 2. The van der Waals surface area contributed by atoms with Crippen LogP contribution in [0.15, 0.2) is 48.7 Å². The summed E-state index contributed by atoms with van der Waals surface area (Å²) in [5.41, 5.74) is -3.93. The average Bonchev–Trinajstić information content (AvgIpc) is 3.00. The van der Waals surface area contributed by atoms with Gasteiger partial charge in [0.1, 0.15) is 11.6 Å². The maximum atomic E-state index is 14.2. The van der Waals surface area contributed by atoms with E-state index in [1.807, 2.05) is 4.90 Å². The van der Waals surface area contributed by atoms with Crippen molar-refractivity contribution < 1.29 is 45.1 Å². The molecular weight excluding hydrogens is 655 g/mol. The molecular formula is C36H40F7N3O3. The van der Waals surface area contributed by atoms with Crippen molar-refractivity contribution in [2.75, 3.05) is 36.5 Å². The number of hydrogen-bond donors (Lipinski definition) is 0. The van der Waals surface area contributed by atoms with Gasteiger partial charge in [0.05, 0.1) is 35.0 Å². The van der Waals surface area contributed by atoms with E-state index in [1.54, 1.807) is 19.9 Å². The van der Waals surface area contributed by atoms with Crippen LogP contribution >= 0.6 is 0 Å². The maximum absolute atomic E-state index is 14.2. The fourth-order valence-electron chi connectivity index (χ4n) is 6.39. The molecule has 0 aliphatic carbocycles. The van der Waals surface area contributed by atoms with Crippen LogP contribution in [0.3, 0.4) is 0 Å². The molecule has 1 fully saturated rings. The summed E-state index contributed by atoms with van der Waals surface area (Å²) in [4.78, 5) is 34.1. The first-order valence-electron chi connectivity index (χ1n) is 15.8. The number of alkyl halides is 6. The van der Waals surface area contributed by atoms with E-state index in [0.29, 0.717) is 60.8 Å². The molecule has 0 bridgehead atoms. The highest BCUT2D eigenvalue weighted by atomic mass is 19.4. The topological polar surface area (TPSA) is 62.7 Å². The lowest BCUT2D eigenvalue weighted by Gasteiger charge is -2.44. The molecule has 6 nitrogen and oxygen atoms in total.